The average Bonchev–Trinajstić information content (AvgIpc) is 3.56. The molecule has 5 rings (SSSR count). The summed E-state index contributed by atoms with van der Waals surface area (Å²) in [5.41, 5.74) is 1.20. The Kier molecular flexibility index (Phi) is 7.30. The number of benzene rings is 2. The Morgan fingerprint density at radius 2 is 2.00 bits per heavy atom. The second kappa shape index (κ2) is 10.5. The number of anilines is 1. The first-order chi connectivity index (χ1) is 17.3. The van der Waals surface area contributed by atoms with E-state index in [2.05, 4.69) is 6.92 Å². The third-order valence-electron chi connectivity index (χ3n) is 6.83. The highest BCUT2D eigenvalue weighted by Crippen LogP contribution is 2.33. The lowest BCUT2D eigenvalue weighted by Gasteiger charge is -2.30. The summed E-state index contributed by atoms with van der Waals surface area (Å²) >= 11 is 1.42. The minimum atomic E-state index is -3.59. The van der Waals surface area contributed by atoms with Crippen molar-refractivity contribution in [2.75, 3.05) is 38.3 Å². The molecule has 8 nitrogen and oxygen atoms in total. The highest BCUT2D eigenvalue weighted by Gasteiger charge is 2.30. The molecule has 0 N–H and O–H groups in total. The van der Waals surface area contributed by atoms with Crippen molar-refractivity contribution in [3.05, 3.63) is 48.0 Å². The van der Waals surface area contributed by atoms with Crippen LogP contribution in [0.4, 0.5) is 5.13 Å². The predicted octanol–water partition coefficient (Wildman–Crippen LogP) is 4.55. The van der Waals surface area contributed by atoms with Gasteiger partial charge in [-0.15, -0.1) is 0 Å². The number of sulfonamides is 1. The number of fused-ring (bicyclic) bond motifs is 1. The van der Waals surface area contributed by atoms with Crippen LogP contribution in [-0.4, -0.2) is 63.1 Å². The van der Waals surface area contributed by atoms with Gasteiger partial charge in [0.05, 0.1) is 34.9 Å². The smallest absolute Gasteiger partial charge is 0.260 e. The molecule has 0 aliphatic carbocycles. The van der Waals surface area contributed by atoms with Gasteiger partial charge in [0.2, 0.25) is 10.0 Å². The van der Waals surface area contributed by atoms with E-state index < -0.39 is 10.0 Å². The molecule has 192 valence electrons. The van der Waals surface area contributed by atoms with Crippen LogP contribution in [0.25, 0.3) is 10.2 Å². The molecule has 2 atom stereocenters. The maximum absolute atomic E-state index is 13.7. The average molecular weight is 530 g/mol. The highest BCUT2D eigenvalue weighted by molar-refractivity contribution is 7.89. The van der Waals surface area contributed by atoms with Gasteiger partial charge < -0.3 is 9.47 Å². The van der Waals surface area contributed by atoms with Crippen LogP contribution in [0.1, 0.15) is 43.0 Å². The molecule has 2 fully saturated rings. The second-order valence-corrected chi connectivity index (χ2v) is 12.5. The number of ether oxygens (including phenoxy) is 2. The van der Waals surface area contributed by atoms with Crippen molar-refractivity contribution >= 4 is 42.6 Å². The Balaban J connectivity index is 1.42. The lowest BCUT2D eigenvalue weighted by atomic mass is 10.0. The summed E-state index contributed by atoms with van der Waals surface area (Å²) in [7, 11) is -1.97. The summed E-state index contributed by atoms with van der Waals surface area (Å²) in [6.45, 7) is 4.21. The number of piperidine rings is 1. The molecule has 3 aromatic rings. The number of amides is 1. The van der Waals surface area contributed by atoms with Gasteiger partial charge in [0.15, 0.2) is 5.13 Å². The summed E-state index contributed by atoms with van der Waals surface area (Å²) < 4.78 is 39.9. The lowest BCUT2D eigenvalue weighted by Crippen LogP contribution is -2.39. The van der Waals surface area contributed by atoms with Gasteiger partial charge >= 0.3 is 0 Å². The molecule has 2 aliphatic rings. The second-order valence-electron chi connectivity index (χ2n) is 9.52. The first kappa shape index (κ1) is 25.1. The normalized spacial score (nSPS) is 21.1. The van der Waals surface area contributed by atoms with Gasteiger partial charge in [-0.1, -0.05) is 18.3 Å². The molecule has 1 aromatic heterocycles. The van der Waals surface area contributed by atoms with Crippen LogP contribution in [0.3, 0.4) is 0 Å². The van der Waals surface area contributed by atoms with E-state index >= 15 is 0 Å². The number of nitrogens with zero attached hydrogens (tertiary/aromatic N) is 3. The largest absolute Gasteiger partial charge is 0.497 e. The number of aromatic nitrogens is 1. The van der Waals surface area contributed by atoms with Crippen molar-refractivity contribution in [3.8, 4) is 5.75 Å². The zero-order valence-corrected chi connectivity index (χ0v) is 22.2. The van der Waals surface area contributed by atoms with Crippen molar-refractivity contribution in [2.24, 2.45) is 5.92 Å². The van der Waals surface area contributed by atoms with Crippen LogP contribution in [0.5, 0.6) is 5.75 Å². The van der Waals surface area contributed by atoms with Crippen LogP contribution in [-0.2, 0) is 14.8 Å². The van der Waals surface area contributed by atoms with Gasteiger partial charge in [-0.05, 0) is 74.1 Å². The van der Waals surface area contributed by atoms with E-state index in [1.165, 1.54) is 23.5 Å². The van der Waals surface area contributed by atoms with E-state index in [4.69, 9.17) is 14.5 Å². The third kappa shape index (κ3) is 5.13. The quantitative estimate of drug-likeness (QED) is 0.446. The van der Waals surface area contributed by atoms with E-state index in [-0.39, 0.29) is 16.9 Å². The zero-order chi connectivity index (χ0) is 25.3. The summed E-state index contributed by atoms with van der Waals surface area (Å²) in [5, 5.41) is 0.581. The maximum atomic E-state index is 13.7. The van der Waals surface area contributed by atoms with Gasteiger partial charge in [0.1, 0.15) is 5.75 Å². The van der Waals surface area contributed by atoms with Crippen molar-refractivity contribution in [1.29, 1.82) is 0 Å². The van der Waals surface area contributed by atoms with Crippen molar-refractivity contribution in [3.63, 3.8) is 0 Å². The number of hydrogen-bond donors (Lipinski definition) is 0. The van der Waals surface area contributed by atoms with E-state index in [1.807, 2.05) is 18.2 Å². The first-order valence-electron chi connectivity index (χ1n) is 12.3. The SMILES string of the molecule is COc1ccc2nc(N(CC3CCCO3)C(=O)c3ccc(S(=O)(=O)N4CCCC(C)C4)cc3)sc2c1. The summed E-state index contributed by atoms with van der Waals surface area (Å²) in [4.78, 5) is 20.3. The highest BCUT2D eigenvalue weighted by atomic mass is 32.2. The molecule has 2 aromatic carbocycles. The predicted molar refractivity (Wildman–Crippen MR) is 140 cm³/mol. The van der Waals surface area contributed by atoms with E-state index in [9.17, 15) is 13.2 Å². The molecule has 2 aliphatic heterocycles. The molecule has 1 amide bonds. The number of rotatable bonds is 7. The van der Waals surface area contributed by atoms with Crippen molar-refractivity contribution in [2.45, 2.75) is 43.6 Å². The Morgan fingerprint density at radius 1 is 1.19 bits per heavy atom. The molecule has 0 spiro atoms. The number of carbonyl (C=O) groups is 1. The summed E-state index contributed by atoms with van der Waals surface area (Å²) in [5.74, 6) is 0.844. The Bertz CT molecular complexity index is 1330. The van der Waals surface area contributed by atoms with Gasteiger partial charge in [-0.2, -0.15) is 4.31 Å². The van der Waals surface area contributed by atoms with E-state index in [1.54, 1.807) is 28.4 Å². The molecular formula is C26H31N3O5S2. The lowest BCUT2D eigenvalue weighted by molar-refractivity contribution is 0.0917. The van der Waals surface area contributed by atoms with Crippen molar-refractivity contribution in [1.82, 2.24) is 9.29 Å². The zero-order valence-electron chi connectivity index (χ0n) is 20.6. The monoisotopic (exact) mass is 529 g/mol. The number of methoxy groups -OCH3 is 1. The number of carbonyl (C=O) groups excluding carboxylic acids is 1. The van der Waals surface area contributed by atoms with Gasteiger partial charge in [-0.3, -0.25) is 9.69 Å². The van der Waals surface area contributed by atoms with Crippen LogP contribution in [0.15, 0.2) is 47.4 Å². The summed E-state index contributed by atoms with van der Waals surface area (Å²) in [6.07, 6.45) is 3.69. The van der Waals surface area contributed by atoms with Crippen LogP contribution in [0.2, 0.25) is 0 Å². The van der Waals surface area contributed by atoms with Crippen molar-refractivity contribution < 1.29 is 22.7 Å². The van der Waals surface area contributed by atoms with Gasteiger partial charge in [-0.25, -0.2) is 13.4 Å². The summed E-state index contributed by atoms with van der Waals surface area (Å²) in [6, 6.07) is 11.9. The van der Waals surface area contributed by atoms with E-state index in [0.717, 1.165) is 41.6 Å². The molecule has 0 saturated carbocycles. The molecule has 0 radical (unpaired) electrons. The molecule has 3 heterocycles. The topological polar surface area (TPSA) is 89.0 Å². The Hall–Kier alpha value is -2.53. The van der Waals surface area contributed by atoms with Crippen LogP contribution < -0.4 is 9.64 Å². The molecular weight excluding hydrogens is 498 g/mol. The maximum Gasteiger partial charge on any atom is 0.260 e. The molecule has 36 heavy (non-hydrogen) atoms. The fraction of sp³-hybridized carbons (Fsp3) is 0.462. The minimum absolute atomic E-state index is 0.0590. The van der Waals surface area contributed by atoms with Crippen LogP contribution in [0, 0.1) is 5.92 Å². The van der Waals surface area contributed by atoms with E-state index in [0.29, 0.717) is 42.9 Å². The molecule has 0 bridgehead atoms. The Labute approximate surface area is 215 Å². The number of hydrogen-bond acceptors (Lipinski definition) is 7. The van der Waals surface area contributed by atoms with Gasteiger partial charge in [0, 0.05) is 25.3 Å². The standard InChI is InChI=1S/C26H31N3O5S2/c1-18-5-3-13-28(16-18)36(31,32)22-10-7-19(8-11-22)25(30)29(17-21-6-4-14-34-21)26-27-23-12-9-20(33-2)15-24(23)35-26/h7-12,15,18,21H,3-6,13-14,16-17H2,1-2H3. The third-order valence-corrected chi connectivity index (χ3v) is 9.75. The molecule has 2 saturated heterocycles. The molecule has 2 unspecified atom stereocenters. The minimum Gasteiger partial charge on any atom is -0.497 e. The fourth-order valence-electron chi connectivity index (χ4n) is 4.81. The van der Waals surface area contributed by atoms with Crippen LogP contribution >= 0.6 is 11.3 Å². The van der Waals surface area contributed by atoms with Gasteiger partial charge in [0.25, 0.3) is 5.91 Å². The fourth-order valence-corrected chi connectivity index (χ4v) is 7.41. The first-order valence-corrected chi connectivity index (χ1v) is 14.6. The Morgan fingerprint density at radius 3 is 2.69 bits per heavy atom. The number of thiazole rings is 1. The molecule has 10 heteroatoms.